The fourth-order valence-corrected chi connectivity index (χ4v) is 4.30. The number of rotatable bonds is 9. The highest BCUT2D eigenvalue weighted by molar-refractivity contribution is 9.11. The summed E-state index contributed by atoms with van der Waals surface area (Å²) in [6.07, 6.45) is 6.18. The lowest BCUT2D eigenvalue weighted by Gasteiger charge is -2.20. The van der Waals surface area contributed by atoms with Gasteiger partial charge >= 0.3 is 0 Å². The Kier molecular flexibility index (Phi) is 8.55. The minimum atomic E-state index is -0.320. The summed E-state index contributed by atoms with van der Waals surface area (Å²) < 4.78 is 19.4. The Balaban J connectivity index is 1.81. The largest absolute Gasteiger partial charge is 0.463 e. The van der Waals surface area contributed by atoms with Crippen molar-refractivity contribution in [2.45, 2.75) is 71.2 Å². The summed E-state index contributed by atoms with van der Waals surface area (Å²) in [5.41, 5.74) is 1.29. The van der Waals surface area contributed by atoms with Gasteiger partial charge in [0.2, 0.25) is 0 Å². The second-order valence-corrected chi connectivity index (χ2v) is 8.17. The molecule has 0 aliphatic heterocycles. The molecular formula is C19H28Br2O3. The highest BCUT2D eigenvalue weighted by Crippen LogP contribution is 2.38. The molecule has 0 amide bonds. The van der Waals surface area contributed by atoms with Crippen molar-refractivity contribution < 1.29 is 14.2 Å². The van der Waals surface area contributed by atoms with Crippen molar-refractivity contribution in [2.75, 3.05) is 13.2 Å². The van der Waals surface area contributed by atoms with E-state index in [0.29, 0.717) is 25.2 Å². The summed E-state index contributed by atoms with van der Waals surface area (Å²) in [5, 5.41) is 0. The van der Waals surface area contributed by atoms with Gasteiger partial charge < -0.3 is 14.2 Å². The van der Waals surface area contributed by atoms with E-state index in [2.05, 4.69) is 57.8 Å². The Morgan fingerprint density at radius 3 is 2.29 bits per heavy atom. The third-order valence-electron chi connectivity index (χ3n) is 4.58. The van der Waals surface area contributed by atoms with Gasteiger partial charge in [0.1, 0.15) is 0 Å². The number of halogens is 2. The summed E-state index contributed by atoms with van der Waals surface area (Å²) in [4.78, 5) is 0. The van der Waals surface area contributed by atoms with Gasteiger partial charge in [0, 0.05) is 0 Å². The molecule has 1 aliphatic rings. The van der Waals surface area contributed by atoms with Gasteiger partial charge in [-0.3, -0.25) is 0 Å². The standard InChI is InChI=1S/C19H28Br2O3/c1-4-13(2)15-11-17(20)19(18(21)12-15)24-14(3)22-9-10-23-16-7-5-6-8-16/h11-14,16H,4-10H2,1-3H3. The molecule has 1 saturated carbocycles. The first-order valence-corrected chi connectivity index (χ1v) is 10.5. The predicted molar refractivity (Wildman–Crippen MR) is 105 cm³/mol. The summed E-state index contributed by atoms with van der Waals surface area (Å²) in [7, 11) is 0. The van der Waals surface area contributed by atoms with Crippen molar-refractivity contribution in [1.82, 2.24) is 0 Å². The van der Waals surface area contributed by atoms with Crippen molar-refractivity contribution in [1.29, 1.82) is 0 Å². The molecule has 1 aromatic carbocycles. The van der Waals surface area contributed by atoms with E-state index in [4.69, 9.17) is 14.2 Å². The molecule has 2 rings (SSSR count). The first kappa shape index (κ1) is 20.2. The van der Waals surface area contributed by atoms with Crippen LogP contribution < -0.4 is 4.74 Å². The maximum Gasteiger partial charge on any atom is 0.197 e. The van der Waals surface area contributed by atoms with E-state index < -0.39 is 0 Å². The quantitative estimate of drug-likeness (QED) is 0.312. The monoisotopic (exact) mass is 462 g/mol. The van der Waals surface area contributed by atoms with Crippen molar-refractivity contribution in [3.63, 3.8) is 0 Å². The molecule has 0 radical (unpaired) electrons. The van der Waals surface area contributed by atoms with Crippen molar-refractivity contribution in [3.8, 4) is 5.75 Å². The second kappa shape index (κ2) is 10.1. The molecule has 0 bridgehead atoms. The first-order chi connectivity index (χ1) is 11.5. The van der Waals surface area contributed by atoms with Gasteiger partial charge in [0.15, 0.2) is 12.0 Å². The van der Waals surface area contributed by atoms with Gasteiger partial charge in [0.05, 0.1) is 28.3 Å². The number of ether oxygens (including phenoxy) is 3. The van der Waals surface area contributed by atoms with Gasteiger partial charge in [-0.2, -0.15) is 0 Å². The number of hydrogen-bond donors (Lipinski definition) is 0. The van der Waals surface area contributed by atoms with E-state index >= 15 is 0 Å². The van der Waals surface area contributed by atoms with Crippen molar-refractivity contribution >= 4 is 31.9 Å². The Morgan fingerprint density at radius 1 is 1.08 bits per heavy atom. The van der Waals surface area contributed by atoms with Crippen LogP contribution in [0.1, 0.15) is 64.4 Å². The van der Waals surface area contributed by atoms with E-state index in [1.54, 1.807) is 0 Å². The normalized spacial score (nSPS) is 17.9. The molecule has 1 aromatic rings. The predicted octanol–water partition coefficient (Wildman–Crippen LogP) is 6.43. The lowest BCUT2D eigenvalue weighted by molar-refractivity contribution is -0.0912. The second-order valence-electron chi connectivity index (χ2n) is 6.46. The zero-order chi connectivity index (χ0) is 17.5. The molecule has 0 spiro atoms. The molecule has 2 atom stereocenters. The molecule has 2 unspecified atom stereocenters. The van der Waals surface area contributed by atoms with Crippen LogP contribution in [0.5, 0.6) is 5.75 Å². The molecule has 1 aliphatic carbocycles. The van der Waals surface area contributed by atoms with Crippen molar-refractivity contribution in [2.24, 2.45) is 0 Å². The minimum absolute atomic E-state index is 0.320. The molecule has 0 N–H and O–H groups in total. The maximum absolute atomic E-state index is 5.94. The van der Waals surface area contributed by atoms with Gasteiger partial charge in [-0.15, -0.1) is 0 Å². The average molecular weight is 464 g/mol. The highest BCUT2D eigenvalue weighted by atomic mass is 79.9. The molecule has 5 heteroatoms. The fourth-order valence-electron chi connectivity index (χ4n) is 2.90. The number of hydrogen-bond acceptors (Lipinski definition) is 3. The summed E-state index contributed by atoms with van der Waals surface area (Å²) in [6.45, 7) is 7.52. The number of benzene rings is 1. The molecule has 0 aromatic heterocycles. The Labute approximate surface area is 162 Å². The third kappa shape index (κ3) is 6.01. The van der Waals surface area contributed by atoms with Crippen LogP contribution in [0, 0.1) is 0 Å². The Bertz CT molecular complexity index is 492. The van der Waals surface area contributed by atoms with Crippen molar-refractivity contribution in [3.05, 3.63) is 26.6 Å². The lowest BCUT2D eigenvalue weighted by Crippen LogP contribution is -2.21. The molecule has 24 heavy (non-hydrogen) atoms. The van der Waals surface area contributed by atoms with Crippen LogP contribution in [0.3, 0.4) is 0 Å². The molecule has 0 heterocycles. The van der Waals surface area contributed by atoms with E-state index in [-0.39, 0.29) is 6.29 Å². The lowest BCUT2D eigenvalue weighted by atomic mass is 9.99. The molecule has 136 valence electrons. The summed E-state index contributed by atoms with van der Waals surface area (Å²) in [5.74, 6) is 1.30. The van der Waals surface area contributed by atoms with E-state index in [0.717, 1.165) is 21.1 Å². The van der Waals surface area contributed by atoms with Crippen LogP contribution in [0.4, 0.5) is 0 Å². The van der Waals surface area contributed by atoms with Gasteiger partial charge in [0.25, 0.3) is 0 Å². The van der Waals surface area contributed by atoms with Crippen LogP contribution in [0.25, 0.3) is 0 Å². The fraction of sp³-hybridized carbons (Fsp3) is 0.684. The molecule has 0 saturated heterocycles. The zero-order valence-electron chi connectivity index (χ0n) is 14.8. The summed E-state index contributed by atoms with van der Waals surface area (Å²) in [6, 6.07) is 4.26. The average Bonchev–Trinajstić information content (AvgIpc) is 3.07. The SMILES string of the molecule is CCC(C)c1cc(Br)c(OC(C)OCCOC2CCCC2)c(Br)c1. The van der Waals surface area contributed by atoms with E-state index in [9.17, 15) is 0 Å². The topological polar surface area (TPSA) is 27.7 Å². The first-order valence-electron chi connectivity index (χ1n) is 8.90. The molecular weight excluding hydrogens is 436 g/mol. The van der Waals surface area contributed by atoms with Crippen LogP contribution in [0.15, 0.2) is 21.1 Å². The summed E-state index contributed by atoms with van der Waals surface area (Å²) >= 11 is 7.23. The van der Waals surface area contributed by atoms with Crippen LogP contribution in [-0.2, 0) is 9.47 Å². The highest BCUT2D eigenvalue weighted by Gasteiger charge is 2.16. The molecule has 1 fully saturated rings. The smallest absolute Gasteiger partial charge is 0.197 e. The van der Waals surface area contributed by atoms with E-state index in [1.165, 1.54) is 31.2 Å². The Morgan fingerprint density at radius 2 is 1.71 bits per heavy atom. The molecule has 3 nitrogen and oxygen atoms in total. The van der Waals surface area contributed by atoms with Crippen LogP contribution >= 0.6 is 31.9 Å². The maximum atomic E-state index is 5.94. The zero-order valence-corrected chi connectivity index (χ0v) is 18.0. The van der Waals surface area contributed by atoms with Crippen LogP contribution in [0.2, 0.25) is 0 Å². The van der Waals surface area contributed by atoms with Gasteiger partial charge in [-0.05, 0) is 81.7 Å². The van der Waals surface area contributed by atoms with Gasteiger partial charge in [-0.1, -0.05) is 26.7 Å². The van der Waals surface area contributed by atoms with E-state index in [1.807, 2.05) is 6.92 Å². The van der Waals surface area contributed by atoms with Crippen LogP contribution in [-0.4, -0.2) is 25.6 Å². The third-order valence-corrected chi connectivity index (χ3v) is 5.76. The van der Waals surface area contributed by atoms with Gasteiger partial charge in [-0.25, -0.2) is 0 Å². The minimum Gasteiger partial charge on any atom is -0.463 e. The Hall–Kier alpha value is -0.100.